The number of aryl methyl sites for hydroxylation is 1. The molecule has 0 amide bonds. The molecule has 18 heteroatoms. The second-order valence-electron chi connectivity index (χ2n) is 7.92. The summed E-state index contributed by atoms with van der Waals surface area (Å²) in [5.74, 6) is -4.31. The van der Waals surface area contributed by atoms with Crippen molar-refractivity contribution in [3.8, 4) is 0 Å². The van der Waals surface area contributed by atoms with Gasteiger partial charge in [0.1, 0.15) is 10.6 Å². The van der Waals surface area contributed by atoms with Gasteiger partial charge in [-0.15, -0.1) is 10.2 Å². The van der Waals surface area contributed by atoms with Crippen LogP contribution in [0.15, 0.2) is 18.5 Å². The van der Waals surface area contributed by atoms with Crippen LogP contribution < -0.4 is 10.2 Å². The van der Waals surface area contributed by atoms with E-state index in [0.717, 1.165) is 42.8 Å². The molecule has 0 saturated carbocycles. The molecule has 0 aromatic carbocycles. The number of anilines is 2. The van der Waals surface area contributed by atoms with Crippen molar-refractivity contribution < 1.29 is 50.9 Å². The lowest BCUT2D eigenvalue weighted by atomic mass is 9.83. The molecular weight excluding hydrogens is 538 g/mol. The number of aromatic nitrogens is 4. The number of nitrogens with one attached hydrogen (secondary N) is 1. The number of carbonyl (C=O) groups is 2. The summed E-state index contributed by atoms with van der Waals surface area (Å²) in [4.78, 5) is 28.4. The quantitative estimate of drug-likeness (QED) is 0.474. The van der Waals surface area contributed by atoms with Gasteiger partial charge in [0, 0.05) is 18.9 Å². The predicted octanol–water partition coefficient (Wildman–Crippen LogP) is 3.00. The van der Waals surface area contributed by atoms with Gasteiger partial charge >= 0.3 is 24.3 Å². The topological polar surface area (TPSA) is 151 Å². The Bertz CT molecular complexity index is 998. The Balaban J connectivity index is 0.000000286. The van der Waals surface area contributed by atoms with Gasteiger partial charge in [-0.05, 0) is 31.7 Å². The van der Waals surface area contributed by atoms with E-state index in [2.05, 4.69) is 30.4 Å². The molecule has 4 heterocycles. The first-order chi connectivity index (χ1) is 17.1. The molecule has 0 bridgehead atoms. The van der Waals surface area contributed by atoms with E-state index in [1.54, 1.807) is 23.7 Å². The Kier molecular flexibility index (Phi) is 9.96. The van der Waals surface area contributed by atoms with Crippen LogP contribution >= 0.6 is 11.3 Å². The number of aliphatic carboxylic acids is 2. The van der Waals surface area contributed by atoms with Gasteiger partial charge in [-0.1, -0.05) is 11.3 Å². The molecule has 2 fully saturated rings. The number of halogens is 6. The van der Waals surface area contributed by atoms with E-state index >= 15 is 0 Å². The first-order valence-corrected chi connectivity index (χ1v) is 11.2. The van der Waals surface area contributed by atoms with E-state index in [-0.39, 0.29) is 5.60 Å². The number of carboxylic acids is 2. The molecule has 37 heavy (non-hydrogen) atoms. The fourth-order valence-electron chi connectivity index (χ4n) is 3.15. The summed E-state index contributed by atoms with van der Waals surface area (Å²) in [6.45, 7) is 5.51. The zero-order valence-electron chi connectivity index (χ0n) is 19.1. The van der Waals surface area contributed by atoms with Gasteiger partial charge in [0.25, 0.3) is 0 Å². The van der Waals surface area contributed by atoms with Crippen molar-refractivity contribution in [3.63, 3.8) is 0 Å². The highest BCUT2D eigenvalue weighted by atomic mass is 32.1. The minimum absolute atomic E-state index is 0.0271. The molecule has 1 atom stereocenters. The van der Waals surface area contributed by atoms with Crippen molar-refractivity contribution >= 4 is 34.4 Å². The second-order valence-corrected chi connectivity index (χ2v) is 9.08. The Hall–Kier alpha value is -3.28. The summed E-state index contributed by atoms with van der Waals surface area (Å²) in [5.41, 5.74) is 0.0271. The third kappa shape index (κ3) is 9.60. The van der Waals surface area contributed by atoms with Crippen molar-refractivity contribution in [2.24, 2.45) is 5.92 Å². The second kappa shape index (κ2) is 12.3. The van der Waals surface area contributed by atoms with E-state index < -0.39 is 24.3 Å². The summed E-state index contributed by atoms with van der Waals surface area (Å²) >= 11 is 1.65. The number of carboxylic acid groups (broad SMARTS) is 2. The molecule has 206 valence electrons. The normalized spacial score (nSPS) is 18.5. The van der Waals surface area contributed by atoms with E-state index in [1.165, 1.54) is 6.42 Å². The van der Waals surface area contributed by atoms with Crippen LogP contribution in [0.3, 0.4) is 0 Å². The van der Waals surface area contributed by atoms with Gasteiger partial charge in [0.05, 0.1) is 19.7 Å². The molecule has 0 radical (unpaired) electrons. The highest BCUT2D eigenvalue weighted by Crippen LogP contribution is 2.39. The molecule has 11 nitrogen and oxygen atoms in total. The number of rotatable bonds is 4. The van der Waals surface area contributed by atoms with E-state index in [9.17, 15) is 26.3 Å². The minimum Gasteiger partial charge on any atom is -0.475 e. The number of hydrogen-bond acceptors (Lipinski definition) is 10. The maximum Gasteiger partial charge on any atom is 0.490 e. The third-order valence-electron chi connectivity index (χ3n) is 4.98. The van der Waals surface area contributed by atoms with Crippen LogP contribution in [0.25, 0.3) is 0 Å². The fourth-order valence-corrected chi connectivity index (χ4v) is 3.84. The smallest absolute Gasteiger partial charge is 0.475 e. The molecule has 2 aliphatic rings. The zero-order valence-corrected chi connectivity index (χ0v) is 19.9. The monoisotopic (exact) mass is 560 g/mol. The number of ether oxygens (including phenoxy) is 1. The minimum atomic E-state index is -5.08. The van der Waals surface area contributed by atoms with Crippen molar-refractivity contribution in [3.05, 3.63) is 23.5 Å². The highest BCUT2D eigenvalue weighted by molar-refractivity contribution is 7.15. The molecule has 2 aromatic heterocycles. The van der Waals surface area contributed by atoms with Crippen molar-refractivity contribution in [2.75, 3.05) is 36.5 Å². The lowest BCUT2D eigenvalue weighted by molar-refractivity contribution is -0.193. The molecule has 2 saturated heterocycles. The van der Waals surface area contributed by atoms with Gasteiger partial charge in [-0.25, -0.2) is 19.6 Å². The number of hydrogen-bond donors (Lipinski definition) is 3. The molecule has 4 rings (SSSR count). The van der Waals surface area contributed by atoms with Gasteiger partial charge in [0.2, 0.25) is 11.1 Å². The average molecular weight is 560 g/mol. The molecule has 1 spiro atoms. The summed E-state index contributed by atoms with van der Waals surface area (Å²) in [6, 6.07) is 1.82. The van der Waals surface area contributed by atoms with Crippen molar-refractivity contribution in [2.45, 2.75) is 37.7 Å². The van der Waals surface area contributed by atoms with Crippen LogP contribution in [0, 0.1) is 12.8 Å². The van der Waals surface area contributed by atoms with Gasteiger partial charge in [-0.2, -0.15) is 26.3 Å². The fraction of sp³-hybridized carbons (Fsp3) is 0.579. The average Bonchev–Trinajstić information content (AvgIpc) is 3.22. The first-order valence-electron chi connectivity index (χ1n) is 10.4. The summed E-state index contributed by atoms with van der Waals surface area (Å²) in [5, 5.41) is 27.9. The van der Waals surface area contributed by atoms with Gasteiger partial charge < -0.3 is 25.2 Å². The van der Waals surface area contributed by atoms with Crippen molar-refractivity contribution in [1.29, 1.82) is 0 Å². The molecule has 0 aliphatic carbocycles. The molecule has 2 aliphatic heterocycles. The molecule has 2 aromatic rings. The van der Waals surface area contributed by atoms with Crippen LogP contribution in [-0.4, -0.2) is 86.5 Å². The van der Waals surface area contributed by atoms with E-state index in [0.29, 0.717) is 11.9 Å². The highest BCUT2D eigenvalue weighted by Gasteiger charge is 2.47. The van der Waals surface area contributed by atoms with Crippen LogP contribution in [0.2, 0.25) is 0 Å². The van der Waals surface area contributed by atoms with Crippen LogP contribution in [0.4, 0.5) is 37.4 Å². The third-order valence-corrected chi connectivity index (χ3v) is 5.88. The van der Waals surface area contributed by atoms with E-state index in [1.807, 2.05) is 13.0 Å². The Morgan fingerprint density at radius 3 is 2.05 bits per heavy atom. The maximum atomic E-state index is 10.6. The van der Waals surface area contributed by atoms with Gasteiger partial charge in [-0.3, -0.25) is 0 Å². The van der Waals surface area contributed by atoms with E-state index in [4.69, 9.17) is 24.5 Å². The predicted molar refractivity (Wildman–Crippen MR) is 116 cm³/mol. The lowest BCUT2D eigenvalue weighted by Crippen LogP contribution is -2.65. The Morgan fingerprint density at radius 2 is 1.65 bits per heavy atom. The Morgan fingerprint density at radius 1 is 1.11 bits per heavy atom. The van der Waals surface area contributed by atoms with Crippen LogP contribution in [0.1, 0.15) is 17.8 Å². The standard InChI is InChI=1S/C15H20N6OS.2C2HF3O2/c1-11-19-20-14(23-11)21-9-15(10-21)4-3-12(8-22-15)7-18-13-16-5-2-6-17-13;2*3-2(4,5)1(6)7/h2,5-6,12H,3-4,7-10H2,1H3,(H,16,17,18);2*(H,6,7). The van der Waals surface area contributed by atoms with Crippen LogP contribution in [0.5, 0.6) is 0 Å². The number of nitrogens with zero attached hydrogens (tertiary/aromatic N) is 5. The summed E-state index contributed by atoms with van der Waals surface area (Å²) < 4.78 is 69.7. The maximum absolute atomic E-state index is 10.6. The Labute approximate surface area is 209 Å². The lowest BCUT2D eigenvalue weighted by Gasteiger charge is -2.52. The zero-order chi connectivity index (χ0) is 27.9. The van der Waals surface area contributed by atoms with Gasteiger partial charge in [0.15, 0.2) is 0 Å². The first kappa shape index (κ1) is 29.9. The molecule has 3 N–H and O–H groups in total. The largest absolute Gasteiger partial charge is 0.490 e. The summed E-state index contributed by atoms with van der Waals surface area (Å²) in [6.07, 6.45) is -4.40. The summed E-state index contributed by atoms with van der Waals surface area (Å²) in [7, 11) is 0. The van der Waals surface area contributed by atoms with Crippen molar-refractivity contribution in [1.82, 2.24) is 20.2 Å². The SMILES string of the molecule is Cc1nnc(N2CC3(CCC(CNc4ncccn4)CO3)C2)s1.O=C(O)C(F)(F)F.O=C(O)C(F)(F)F. The van der Waals surface area contributed by atoms with Crippen LogP contribution in [-0.2, 0) is 14.3 Å². The number of alkyl halides is 6. The molecular formula is C19H22F6N6O5S. The molecule has 1 unspecified atom stereocenters.